The monoisotopic (exact) mass is 1160 g/mol. The second-order valence-electron chi connectivity index (χ2n) is 25.0. The SMILES string of the molecule is CCCCC/C=C\C/C=C\CCCCCCCCCCCC(=O)NC(COP(=O)(O)OCC[N+](C)(C)C)C(/C=C/CCCCCCCCCCCCC)OC(=O)CCCCCCCCCCCCCCC/C=C/CCCCCCCC. The first-order chi connectivity index (χ1) is 39.4. The molecule has 9 nitrogen and oxygen atoms in total. The Hall–Kier alpha value is -2.03. The van der Waals surface area contributed by atoms with Crippen molar-refractivity contribution in [2.24, 2.45) is 0 Å². The molecule has 0 bridgehead atoms. The molecular formula is C71H136N2O7P+. The van der Waals surface area contributed by atoms with Gasteiger partial charge >= 0.3 is 13.8 Å². The molecule has 10 heteroatoms. The fraction of sp³-hybridized carbons (Fsp3) is 0.859. The minimum absolute atomic E-state index is 0.0404. The number of nitrogens with one attached hydrogen (secondary N) is 1. The van der Waals surface area contributed by atoms with E-state index in [0.29, 0.717) is 23.9 Å². The predicted molar refractivity (Wildman–Crippen MR) is 351 cm³/mol. The third kappa shape index (κ3) is 62.3. The van der Waals surface area contributed by atoms with Crippen LogP contribution in [0.4, 0.5) is 0 Å². The lowest BCUT2D eigenvalue weighted by Gasteiger charge is -2.27. The van der Waals surface area contributed by atoms with Gasteiger partial charge in [-0.05, 0) is 89.5 Å². The number of unbranched alkanes of at least 4 members (excludes halogenated alkanes) is 42. The Labute approximate surface area is 503 Å². The Bertz CT molecular complexity index is 1520. The highest BCUT2D eigenvalue weighted by molar-refractivity contribution is 7.47. The lowest BCUT2D eigenvalue weighted by atomic mass is 10.0. The standard InChI is InChI=1S/C71H135N2O7P/c1-7-10-13-16-19-22-25-28-30-32-34-35-36-37-39-41-43-46-49-52-55-58-61-64-71(75)80-69(62-59-56-53-50-47-44-27-24-21-18-15-12-9-3)68(67-79-81(76,77)78-66-65-73(4,5)6)72-70(74)63-60-57-54-51-48-45-42-40-38-33-31-29-26-23-20-17-14-11-8-2/h20,23,28-31,59,62,68-69H,7-19,21-22,24-27,32-58,60-61,63-67H2,1-6H3,(H-,72,74,76,77)/p+1/b23-20-,30-28+,31-29-,62-59+. The molecule has 0 aliphatic carbocycles. The molecule has 0 aromatic heterocycles. The van der Waals surface area contributed by atoms with Crippen LogP contribution in [0.25, 0.3) is 0 Å². The van der Waals surface area contributed by atoms with E-state index in [-0.39, 0.29) is 25.1 Å². The summed E-state index contributed by atoms with van der Waals surface area (Å²) in [5, 5.41) is 3.07. The summed E-state index contributed by atoms with van der Waals surface area (Å²) in [6.07, 6.45) is 76.8. The Kier molecular flexibility index (Phi) is 59.5. The zero-order valence-corrected chi connectivity index (χ0v) is 55.4. The first-order valence-electron chi connectivity index (χ1n) is 35.0. The molecule has 0 aliphatic heterocycles. The number of nitrogens with zero attached hydrogens (tertiary/aromatic N) is 1. The third-order valence-corrected chi connectivity index (χ3v) is 16.7. The van der Waals surface area contributed by atoms with Crippen LogP contribution < -0.4 is 5.32 Å². The summed E-state index contributed by atoms with van der Waals surface area (Å²) in [6, 6.07) is -0.850. The van der Waals surface area contributed by atoms with Gasteiger partial charge < -0.3 is 19.4 Å². The van der Waals surface area contributed by atoms with Crippen molar-refractivity contribution in [3.8, 4) is 0 Å². The number of phosphoric ester groups is 1. The highest BCUT2D eigenvalue weighted by Gasteiger charge is 2.30. The van der Waals surface area contributed by atoms with E-state index in [0.717, 1.165) is 64.2 Å². The molecular weight excluding hydrogens is 1020 g/mol. The average Bonchev–Trinajstić information content (AvgIpc) is 3.44. The molecule has 1 amide bonds. The number of amides is 1. The van der Waals surface area contributed by atoms with Crippen molar-refractivity contribution in [1.29, 1.82) is 0 Å². The van der Waals surface area contributed by atoms with Gasteiger partial charge in [0.05, 0.1) is 33.8 Å². The van der Waals surface area contributed by atoms with Gasteiger partial charge in [0.25, 0.3) is 0 Å². The number of quaternary nitrogens is 1. The smallest absolute Gasteiger partial charge is 0.456 e. The molecule has 0 aromatic carbocycles. The number of rotatable bonds is 64. The highest BCUT2D eigenvalue weighted by atomic mass is 31.2. The number of hydrogen-bond acceptors (Lipinski definition) is 6. The Morgan fingerprint density at radius 1 is 0.432 bits per heavy atom. The number of allylic oxidation sites excluding steroid dienone is 7. The van der Waals surface area contributed by atoms with Crippen LogP contribution in [0.5, 0.6) is 0 Å². The number of hydrogen-bond donors (Lipinski definition) is 2. The Morgan fingerprint density at radius 3 is 1.15 bits per heavy atom. The number of carbonyl (C=O) groups excluding carboxylic acids is 2. The number of phosphoric acid groups is 1. The van der Waals surface area contributed by atoms with Gasteiger partial charge in [0, 0.05) is 12.8 Å². The van der Waals surface area contributed by atoms with E-state index in [2.05, 4.69) is 62.5 Å². The minimum atomic E-state index is -4.45. The van der Waals surface area contributed by atoms with Crippen molar-refractivity contribution < 1.29 is 37.3 Å². The second kappa shape index (κ2) is 61.1. The van der Waals surface area contributed by atoms with Crippen molar-refractivity contribution >= 4 is 19.7 Å². The van der Waals surface area contributed by atoms with Crippen molar-refractivity contribution in [2.75, 3.05) is 40.9 Å². The summed E-state index contributed by atoms with van der Waals surface area (Å²) in [6.45, 7) is 7.03. The first kappa shape index (κ1) is 79.0. The van der Waals surface area contributed by atoms with Gasteiger partial charge in [-0.15, -0.1) is 0 Å². The number of carbonyl (C=O) groups is 2. The van der Waals surface area contributed by atoms with E-state index in [9.17, 15) is 19.0 Å². The van der Waals surface area contributed by atoms with Crippen molar-refractivity contribution in [2.45, 2.75) is 354 Å². The maximum atomic E-state index is 13.6. The van der Waals surface area contributed by atoms with Crippen LogP contribution in [-0.4, -0.2) is 74.3 Å². The van der Waals surface area contributed by atoms with Gasteiger partial charge in [-0.3, -0.25) is 18.6 Å². The van der Waals surface area contributed by atoms with Crippen molar-refractivity contribution in [3.63, 3.8) is 0 Å². The molecule has 0 saturated heterocycles. The topological polar surface area (TPSA) is 111 Å². The maximum absolute atomic E-state index is 13.6. The molecule has 0 heterocycles. The molecule has 0 aromatic rings. The van der Waals surface area contributed by atoms with E-state index in [1.54, 1.807) is 0 Å². The molecule has 476 valence electrons. The number of likely N-dealkylation sites (N-methyl/N-ethyl adjacent to an activating group) is 1. The van der Waals surface area contributed by atoms with Crippen LogP contribution in [-0.2, 0) is 27.9 Å². The average molecular weight is 1160 g/mol. The molecule has 2 N–H and O–H groups in total. The molecule has 0 fully saturated rings. The minimum Gasteiger partial charge on any atom is -0.456 e. The molecule has 0 spiro atoms. The van der Waals surface area contributed by atoms with Crippen LogP contribution in [0.15, 0.2) is 48.6 Å². The summed E-state index contributed by atoms with van der Waals surface area (Å²) < 4.78 is 30.8. The van der Waals surface area contributed by atoms with Crippen LogP contribution in [0, 0.1) is 0 Å². The van der Waals surface area contributed by atoms with E-state index >= 15 is 0 Å². The van der Waals surface area contributed by atoms with Gasteiger partial charge in [-0.2, -0.15) is 0 Å². The highest BCUT2D eigenvalue weighted by Crippen LogP contribution is 2.43. The second-order valence-corrected chi connectivity index (χ2v) is 26.5. The summed E-state index contributed by atoms with van der Waals surface area (Å²) in [5.74, 6) is -0.495. The molecule has 81 heavy (non-hydrogen) atoms. The van der Waals surface area contributed by atoms with Crippen molar-refractivity contribution in [3.05, 3.63) is 48.6 Å². The molecule has 3 unspecified atom stereocenters. The van der Waals surface area contributed by atoms with Gasteiger partial charge in [-0.25, -0.2) is 4.57 Å². The predicted octanol–water partition coefficient (Wildman–Crippen LogP) is 22.0. The summed E-state index contributed by atoms with van der Waals surface area (Å²) in [5.41, 5.74) is 0. The fourth-order valence-electron chi connectivity index (χ4n) is 10.3. The van der Waals surface area contributed by atoms with E-state index in [4.69, 9.17) is 13.8 Å². The summed E-state index contributed by atoms with van der Waals surface area (Å²) in [7, 11) is 1.50. The van der Waals surface area contributed by atoms with E-state index in [1.165, 1.54) is 244 Å². The Balaban J connectivity index is 5.12. The van der Waals surface area contributed by atoms with Gasteiger partial charge in [0.2, 0.25) is 5.91 Å². The van der Waals surface area contributed by atoms with Crippen LogP contribution in [0.1, 0.15) is 342 Å². The number of esters is 1. The molecule has 0 radical (unpaired) electrons. The first-order valence-corrected chi connectivity index (χ1v) is 36.5. The molecule has 0 saturated carbocycles. The van der Waals surface area contributed by atoms with Gasteiger partial charge in [-0.1, -0.05) is 288 Å². The normalized spacial score (nSPS) is 13.8. The fourth-order valence-corrected chi connectivity index (χ4v) is 11.1. The zero-order chi connectivity index (χ0) is 59.3. The zero-order valence-electron chi connectivity index (χ0n) is 54.5. The lowest BCUT2D eigenvalue weighted by molar-refractivity contribution is -0.870. The molecule has 3 atom stereocenters. The summed E-state index contributed by atoms with van der Waals surface area (Å²) in [4.78, 5) is 37.9. The largest absolute Gasteiger partial charge is 0.472 e. The third-order valence-electron chi connectivity index (χ3n) is 15.7. The molecule has 0 aliphatic rings. The van der Waals surface area contributed by atoms with Crippen LogP contribution in [0.2, 0.25) is 0 Å². The van der Waals surface area contributed by atoms with Gasteiger partial charge in [0.15, 0.2) is 0 Å². The van der Waals surface area contributed by atoms with E-state index < -0.39 is 20.0 Å². The quantitative estimate of drug-likeness (QED) is 0.0205. The molecule has 0 rings (SSSR count). The van der Waals surface area contributed by atoms with Crippen LogP contribution in [0.3, 0.4) is 0 Å². The lowest BCUT2D eigenvalue weighted by Crippen LogP contribution is -2.47. The summed E-state index contributed by atoms with van der Waals surface area (Å²) >= 11 is 0. The van der Waals surface area contributed by atoms with E-state index in [1.807, 2.05) is 33.3 Å². The van der Waals surface area contributed by atoms with Gasteiger partial charge in [0.1, 0.15) is 19.3 Å². The maximum Gasteiger partial charge on any atom is 0.472 e. The Morgan fingerprint density at radius 2 is 0.753 bits per heavy atom. The van der Waals surface area contributed by atoms with Crippen molar-refractivity contribution in [1.82, 2.24) is 5.32 Å². The van der Waals surface area contributed by atoms with Crippen LogP contribution >= 0.6 is 7.82 Å². The number of ether oxygens (including phenoxy) is 1.